The molecule has 0 unspecified atom stereocenters. The fraction of sp³-hybridized carbons (Fsp3) is 0.444. The van der Waals surface area contributed by atoms with Gasteiger partial charge in [0, 0.05) is 31.6 Å². The molecule has 0 aliphatic heterocycles. The minimum atomic E-state index is -0.425. The maximum Gasteiger partial charge on any atom is 0.238 e. The lowest BCUT2D eigenvalue weighted by Crippen LogP contribution is -2.40. The average Bonchev–Trinajstić information content (AvgIpc) is 3.03. The summed E-state index contributed by atoms with van der Waals surface area (Å²) in [5, 5.41) is 4.11. The minimum Gasteiger partial charge on any atom is -0.361 e. The number of amides is 1. The number of benzene rings is 1. The first-order valence-electron chi connectivity index (χ1n) is 8.09. The van der Waals surface area contributed by atoms with Gasteiger partial charge >= 0.3 is 0 Å². The molecule has 2 N–H and O–H groups in total. The molecular formula is C18H26ClN3O2. The third-order valence-electron chi connectivity index (χ3n) is 3.81. The van der Waals surface area contributed by atoms with Crippen molar-refractivity contribution in [3.63, 3.8) is 0 Å². The SMILES string of the molecule is C[C@H](N)C(=O)N(C)CCCCCc1cc(-c2ccccc2)no1.Cl. The zero-order valence-electron chi connectivity index (χ0n) is 14.3. The summed E-state index contributed by atoms with van der Waals surface area (Å²) in [6.07, 6.45) is 3.89. The number of carbonyl (C=O) groups is 1. The van der Waals surface area contributed by atoms with Crippen LogP contribution in [0.1, 0.15) is 31.9 Å². The van der Waals surface area contributed by atoms with E-state index < -0.39 is 6.04 Å². The van der Waals surface area contributed by atoms with E-state index in [0.29, 0.717) is 0 Å². The normalized spacial score (nSPS) is 11.6. The van der Waals surface area contributed by atoms with Gasteiger partial charge in [-0.3, -0.25) is 4.79 Å². The van der Waals surface area contributed by atoms with Gasteiger partial charge in [-0.05, 0) is 19.8 Å². The second-order valence-electron chi connectivity index (χ2n) is 5.90. The third-order valence-corrected chi connectivity index (χ3v) is 3.81. The second-order valence-corrected chi connectivity index (χ2v) is 5.90. The number of likely N-dealkylation sites (N-methyl/N-ethyl adjacent to an activating group) is 1. The maximum absolute atomic E-state index is 11.6. The summed E-state index contributed by atoms with van der Waals surface area (Å²) in [4.78, 5) is 13.3. The predicted molar refractivity (Wildman–Crippen MR) is 98.0 cm³/mol. The smallest absolute Gasteiger partial charge is 0.238 e. The molecule has 0 fully saturated rings. The summed E-state index contributed by atoms with van der Waals surface area (Å²) in [5.41, 5.74) is 7.53. The van der Waals surface area contributed by atoms with Crippen LogP contribution in [0.5, 0.6) is 0 Å². The molecule has 0 saturated heterocycles. The quantitative estimate of drug-likeness (QED) is 0.741. The number of hydrogen-bond acceptors (Lipinski definition) is 4. The van der Waals surface area contributed by atoms with Crippen molar-refractivity contribution >= 4 is 18.3 Å². The van der Waals surface area contributed by atoms with Crippen LogP contribution in [0.25, 0.3) is 11.3 Å². The first-order chi connectivity index (χ1) is 11.1. The Morgan fingerprint density at radius 1 is 1.25 bits per heavy atom. The van der Waals surface area contributed by atoms with E-state index in [1.165, 1.54) is 0 Å². The van der Waals surface area contributed by atoms with E-state index in [4.69, 9.17) is 10.3 Å². The van der Waals surface area contributed by atoms with E-state index >= 15 is 0 Å². The van der Waals surface area contributed by atoms with E-state index in [1.807, 2.05) is 36.4 Å². The Morgan fingerprint density at radius 2 is 1.96 bits per heavy atom. The molecule has 0 saturated carbocycles. The van der Waals surface area contributed by atoms with Gasteiger partial charge in [0.15, 0.2) is 0 Å². The molecule has 132 valence electrons. The van der Waals surface area contributed by atoms with Crippen LogP contribution in [0.3, 0.4) is 0 Å². The number of nitrogens with zero attached hydrogens (tertiary/aromatic N) is 2. The van der Waals surface area contributed by atoms with Crippen molar-refractivity contribution < 1.29 is 9.32 Å². The number of hydrogen-bond donors (Lipinski definition) is 1. The highest BCUT2D eigenvalue weighted by Crippen LogP contribution is 2.19. The molecule has 2 rings (SSSR count). The van der Waals surface area contributed by atoms with Crippen LogP contribution in [-0.2, 0) is 11.2 Å². The van der Waals surface area contributed by atoms with Gasteiger partial charge in [0.1, 0.15) is 11.5 Å². The Balaban J connectivity index is 0.00000288. The summed E-state index contributed by atoms with van der Waals surface area (Å²) >= 11 is 0. The van der Waals surface area contributed by atoms with Crippen LogP contribution in [0.4, 0.5) is 0 Å². The van der Waals surface area contributed by atoms with Gasteiger partial charge < -0.3 is 15.2 Å². The molecule has 2 aromatic rings. The van der Waals surface area contributed by atoms with Crippen molar-refractivity contribution in [3.05, 3.63) is 42.2 Å². The van der Waals surface area contributed by atoms with Crippen LogP contribution in [0.2, 0.25) is 0 Å². The maximum atomic E-state index is 11.6. The highest BCUT2D eigenvalue weighted by Gasteiger charge is 2.12. The summed E-state index contributed by atoms with van der Waals surface area (Å²) < 4.78 is 5.39. The van der Waals surface area contributed by atoms with Crippen molar-refractivity contribution in [2.24, 2.45) is 5.73 Å². The minimum absolute atomic E-state index is 0. The Morgan fingerprint density at radius 3 is 2.62 bits per heavy atom. The molecule has 1 aromatic carbocycles. The van der Waals surface area contributed by atoms with E-state index in [0.717, 1.165) is 49.2 Å². The molecule has 0 spiro atoms. The highest BCUT2D eigenvalue weighted by atomic mass is 35.5. The number of halogens is 1. The summed E-state index contributed by atoms with van der Waals surface area (Å²) in [6.45, 7) is 2.46. The predicted octanol–water partition coefficient (Wildman–Crippen LogP) is 3.28. The Kier molecular flexibility index (Phi) is 8.50. The fourth-order valence-corrected chi connectivity index (χ4v) is 2.46. The van der Waals surface area contributed by atoms with Crippen molar-refractivity contribution in [1.82, 2.24) is 10.1 Å². The average molecular weight is 352 g/mol. The van der Waals surface area contributed by atoms with Gasteiger partial charge in [-0.15, -0.1) is 12.4 Å². The zero-order valence-corrected chi connectivity index (χ0v) is 15.1. The number of carbonyl (C=O) groups excluding carboxylic acids is 1. The number of aryl methyl sites for hydroxylation is 1. The van der Waals surface area contributed by atoms with E-state index in [2.05, 4.69) is 5.16 Å². The molecule has 0 aliphatic rings. The summed E-state index contributed by atoms with van der Waals surface area (Å²) in [6, 6.07) is 11.6. The van der Waals surface area contributed by atoms with Crippen LogP contribution in [0, 0.1) is 0 Å². The molecule has 0 aliphatic carbocycles. The van der Waals surface area contributed by atoms with Crippen LogP contribution in [0.15, 0.2) is 40.9 Å². The van der Waals surface area contributed by atoms with Crippen LogP contribution in [-0.4, -0.2) is 35.6 Å². The first-order valence-corrected chi connectivity index (χ1v) is 8.09. The van der Waals surface area contributed by atoms with Gasteiger partial charge in [0.25, 0.3) is 0 Å². The van der Waals surface area contributed by atoms with Crippen molar-refractivity contribution in [2.45, 2.75) is 38.6 Å². The molecule has 1 aromatic heterocycles. The van der Waals surface area contributed by atoms with Crippen molar-refractivity contribution in [3.8, 4) is 11.3 Å². The van der Waals surface area contributed by atoms with Crippen LogP contribution >= 0.6 is 12.4 Å². The standard InChI is InChI=1S/C18H25N3O2.ClH/c1-14(19)18(22)21(2)12-8-4-7-11-16-13-17(20-23-16)15-9-5-3-6-10-15;/h3,5-6,9-10,13-14H,4,7-8,11-12,19H2,1-2H3;1H/t14-;/m0./s1. The number of rotatable bonds is 8. The van der Waals surface area contributed by atoms with Crippen molar-refractivity contribution in [1.29, 1.82) is 0 Å². The Labute approximate surface area is 149 Å². The van der Waals surface area contributed by atoms with Gasteiger partial charge in [0.05, 0.1) is 6.04 Å². The second kappa shape index (κ2) is 10.1. The molecule has 0 bridgehead atoms. The lowest BCUT2D eigenvalue weighted by molar-refractivity contribution is -0.130. The third kappa shape index (κ3) is 5.98. The molecular weight excluding hydrogens is 326 g/mol. The fourth-order valence-electron chi connectivity index (χ4n) is 2.46. The first kappa shape index (κ1) is 20.2. The van der Waals surface area contributed by atoms with Gasteiger partial charge in [0.2, 0.25) is 5.91 Å². The molecule has 1 atom stereocenters. The summed E-state index contributed by atoms with van der Waals surface area (Å²) in [5.74, 6) is 0.900. The lowest BCUT2D eigenvalue weighted by Gasteiger charge is -2.18. The molecule has 1 amide bonds. The molecule has 0 radical (unpaired) electrons. The number of unbranched alkanes of at least 4 members (excludes halogenated alkanes) is 2. The van der Waals surface area contributed by atoms with Gasteiger partial charge in [-0.2, -0.15) is 0 Å². The topological polar surface area (TPSA) is 72.4 Å². The van der Waals surface area contributed by atoms with Crippen molar-refractivity contribution in [2.75, 3.05) is 13.6 Å². The van der Waals surface area contributed by atoms with Gasteiger partial charge in [-0.25, -0.2) is 0 Å². The molecule has 24 heavy (non-hydrogen) atoms. The van der Waals surface area contributed by atoms with E-state index in [-0.39, 0.29) is 18.3 Å². The molecule has 1 heterocycles. The van der Waals surface area contributed by atoms with E-state index in [1.54, 1.807) is 18.9 Å². The Bertz CT molecular complexity index is 614. The monoisotopic (exact) mass is 351 g/mol. The Hall–Kier alpha value is -1.85. The molecule has 6 heteroatoms. The number of nitrogens with two attached hydrogens (primary N) is 1. The largest absolute Gasteiger partial charge is 0.361 e. The van der Waals surface area contributed by atoms with E-state index in [9.17, 15) is 4.79 Å². The van der Waals surface area contributed by atoms with Gasteiger partial charge in [-0.1, -0.05) is 41.9 Å². The molecule has 5 nitrogen and oxygen atoms in total. The van der Waals surface area contributed by atoms with Crippen LogP contribution < -0.4 is 5.73 Å². The number of aromatic nitrogens is 1. The summed E-state index contributed by atoms with van der Waals surface area (Å²) in [7, 11) is 1.80. The zero-order chi connectivity index (χ0) is 16.7. The lowest BCUT2D eigenvalue weighted by atomic mass is 10.1. The highest BCUT2D eigenvalue weighted by molar-refractivity contribution is 5.85.